The molecule has 2 aliphatic heterocycles. The minimum Gasteiger partial charge on any atom is -0.497 e. The Hall–Kier alpha value is -1.06. The van der Waals surface area contributed by atoms with E-state index in [0.29, 0.717) is 24.2 Å². The zero-order chi connectivity index (χ0) is 14.1. The van der Waals surface area contributed by atoms with E-state index in [1.165, 1.54) is 24.8 Å². The van der Waals surface area contributed by atoms with E-state index < -0.39 is 0 Å². The van der Waals surface area contributed by atoms with E-state index >= 15 is 0 Å². The highest BCUT2D eigenvalue weighted by Crippen LogP contribution is 2.39. The van der Waals surface area contributed by atoms with Crippen molar-refractivity contribution >= 4 is 0 Å². The highest BCUT2D eigenvalue weighted by atomic mass is 16.5. The topological polar surface area (TPSA) is 38.5 Å². The summed E-state index contributed by atoms with van der Waals surface area (Å²) < 4.78 is 5.25. The molecular formula is C17H26N2O. The Kier molecular flexibility index (Phi) is 3.99. The Morgan fingerprint density at radius 2 is 1.75 bits per heavy atom. The van der Waals surface area contributed by atoms with Crippen LogP contribution >= 0.6 is 0 Å². The maximum absolute atomic E-state index is 6.22. The lowest BCUT2D eigenvalue weighted by molar-refractivity contribution is -0.000520. The summed E-state index contributed by atoms with van der Waals surface area (Å²) in [6, 6.07) is 10.8. The molecular weight excluding hydrogens is 248 g/mol. The highest BCUT2D eigenvalue weighted by molar-refractivity contribution is 5.29. The minimum atomic E-state index is 0.407. The predicted molar refractivity (Wildman–Crippen MR) is 81.9 cm³/mol. The molecule has 0 aliphatic carbocycles. The van der Waals surface area contributed by atoms with Crippen LogP contribution in [0.4, 0.5) is 0 Å². The third-order valence-electron chi connectivity index (χ3n) is 5.11. The van der Waals surface area contributed by atoms with Crippen molar-refractivity contribution in [2.24, 2.45) is 5.73 Å². The van der Waals surface area contributed by atoms with Crippen molar-refractivity contribution in [3.8, 4) is 5.75 Å². The maximum Gasteiger partial charge on any atom is 0.118 e. The van der Waals surface area contributed by atoms with E-state index in [0.717, 1.165) is 18.6 Å². The summed E-state index contributed by atoms with van der Waals surface area (Å²) >= 11 is 0. The van der Waals surface area contributed by atoms with Crippen LogP contribution in [0.1, 0.15) is 50.6 Å². The average molecular weight is 274 g/mol. The monoisotopic (exact) mass is 274 g/mol. The van der Waals surface area contributed by atoms with Gasteiger partial charge in [-0.2, -0.15) is 0 Å². The van der Waals surface area contributed by atoms with Gasteiger partial charge >= 0.3 is 0 Å². The van der Waals surface area contributed by atoms with E-state index in [4.69, 9.17) is 10.5 Å². The standard InChI is InChI=1S/C17H26N2O/c1-12(13-6-8-17(20-2)9-7-13)19-15-4-3-5-16(19)11-14(18)10-15/h6-9,12,14-16H,3-5,10-11,18H2,1-2H3. The molecule has 3 heteroatoms. The number of piperidine rings is 2. The number of nitrogens with zero attached hydrogens (tertiary/aromatic N) is 1. The van der Waals surface area contributed by atoms with Crippen molar-refractivity contribution in [1.82, 2.24) is 4.90 Å². The summed E-state index contributed by atoms with van der Waals surface area (Å²) in [5, 5.41) is 0. The molecule has 2 aliphatic rings. The largest absolute Gasteiger partial charge is 0.497 e. The van der Waals surface area contributed by atoms with Crippen LogP contribution in [-0.4, -0.2) is 30.1 Å². The van der Waals surface area contributed by atoms with Crippen molar-refractivity contribution in [1.29, 1.82) is 0 Å². The van der Waals surface area contributed by atoms with Crippen LogP contribution in [0.2, 0.25) is 0 Å². The molecule has 3 unspecified atom stereocenters. The highest BCUT2D eigenvalue weighted by Gasteiger charge is 2.39. The average Bonchev–Trinajstić information content (AvgIpc) is 2.46. The molecule has 1 aromatic carbocycles. The Balaban J connectivity index is 1.79. The van der Waals surface area contributed by atoms with Crippen LogP contribution in [-0.2, 0) is 0 Å². The molecule has 0 saturated carbocycles. The molecule has 2 saturated heterocycles. The van der Waals surface area contributed by atoms with Gasteiger partial charge in [0.05, 0.1) is 7.11 Å². The number of fused-ring (bicyclic) bond motifs is 2. The molecule has 2 heterocycles. The summed E-state index contributed by atoms with van der Waals surface area (Å²) in [6.45, 7) is 2.34. The quantitative estimate of drug-likeness (QED) is 0.920. The maximum atomic E-state index is 6.22. The first-order valence-electron chi connectivity index (χ1n) is 7.86. The van der Waals surface area contributed by atoms with Gasteiger partial charge in [-0.3, -0.25) is 4.90 Å². The van der Waals surface area contributed by atoms with Gasteiger partial charge in [0, 0.05) is 24.2 Å². The van der Waals surface area contributed by atoms with Gasteiger partial charge in [-0.15, -0.1) is 0 Å². The SMILES string of the molecule is COc1ccc(C(C)N2C3CCCC2CC(N)C3)cc1. The second kappa shape index (κ2) is 5.74. The Bertz CT molecular complexity index is 431. The third-order valence-corrected chi connectivity index (χ3v) is 5.11. The van der Waals surface area contributed by atoms with Crippen molar-refractivity contribution in [2.45, 2.75) is 63.2 Å². The lowest BCUT2D eigenvalue weighted by Gasteiger charge is -2.51. The fourth-order valence-corrected chi connectivity index (χ4v) is 4.15. The number of benzene rings is 1. The zero-order valence-electron chi connectivity index (χ0n) is 12.6. The number of hydrogen-bond donors (Lipinski definition) is 1. The Morgan fingerprint density at radius 3 is 2.30 bits per heavy atom. The van der Waals surface area contributed by atoms with Crippen LogP contribution in [0.5, 0.6) is 5.75 Å². The van der Waals surface area contributed by atoms with Gasteiger partial charge in [-0.25, -0.2) is 0 Å². The van der Waals surface area contributed by atoms with E-state index in [9.17, 15) is 0 Å². The van der Waals surface area contributed by atoms with Crippen LogP contribution in [0.15, 0.2) is 24.3 Å². The molecule has 1 aromatic rings. The van der Waals surface area contributed by atoms with Crippen LogP contribution in [0.3, 0.4) is 0 Å². The van der Waals surface area contributed by atoms with Gasteiger partial charge < -0.3 is 10.5 Å². The zero-order valence-corrected chi connectivity index (χ0v) is 12.6. The Labute approximate surface area is 122 Å². The van der Waals surface area contributed by atoms with Gasteiger partial charge in [0.2, 0.25) is 0 Å². The van der Waals surface area contributed by atoms with Gasteiger partial charge in [0.25, 0.3) is 0 Å². The van der Waals surface area contributed by atoms with Gasteiger partial charge in [-0.1, -0.05) is 18.6 Å². The fraction of sp³-hybridized carbons (Fsp3) is 0.647. The van der Waals surface area contributed by atoms with E-state index in [2.05, 4.69) is 36.1 Å². The molecule has 2 fully saturated rings. The summed E-state index contributed by atoms with van der Waals surface area (Å²) in [6.07, 6.45) is 6.32. The first-order chi connectivity index (χ1) is 9.69. The summed E-state index contributed by atoms with van der Waals surface area (Å²) in [5.74, 6) is 0.932. The molecule has 20 heavy (non-hydrogen) atoms. The Morgan fingerprint density at radius 1 is 1.15 bits per heavy atom. The van der Waals surface area contributed by atoms with Gasteiger partial charge in [0.1, 0.15) is 5.75 Å². The number of nitrogens with two attached hydrogens (primary N) is 1. The lowest BCUT2D eigenvalue weighted by Crippen LogP contribution is -2.55. The lowest BCUT2D eigenvalue weighted by atomic mass is 9.80. The summed E-state index contributed by atoms with van der Waals surface area (Å²) in [4.78, 5) is 2.73. The molecule has 2 bridgehead atoms. The first kappa shape index (κ1) is 13.9. The van der Waals surface area contributed by atoms with Gasteiger partial charge in [-0.05, 0) is 50.3 Å². The second-order valence-corrected chi connectivity index (χ2v) is 6.37. The number of ether oxygens (including phenoxy) is 1. The smallest absolute Gasteiger partial charge is 0.118 e. The fourth-order valence-electron chi connectivity index (χ4n) is 4.15. The van der Waals surface area contributed by atoms with Crippen molar-refractivity contribution in [3.63, 3.8) is 0 Å². The molecule has 0 aromatic heterocycles. The number of rotatable bonds is 3. The van der Waals surface area contributed by atoms with Gasteiger partial charge in [0.15, 0.2) is 0 Å². The van der Waals surface area contributed by atoms with E-state index in [-0.39, 0.29) is 0 Å². The minimum absolute atomic E-state index is 0.407. The predicted octanol–water partition coefficient (Wildman–Crippen LogP) is 3.10. The van der Waals surface area contributed by atoms with Crippen LogP contribution < -0.4 is 10.5 Å². The second-order valence-electron chi connectivity index (χ2n) is 6.37. The molecule has 3 rings (SSSR count). The van der Waals surface area contributed by atoms with E-state index in [1.807, 2.05) is 0 Å². The molecule has 0 spiro atoms. The third kappa shape index (κ3) is 2.57. The molecule has 2 N–H and O–H groups in total. The molecule has 0 radical (unpaired) electrons. The normalized spacial score (nSPS) is 31.9. The molecule has 110 valence electrons. The summed E-state index contributed by atoms with van der Waals surface area (Å²) in [5.41, 5.74) is 7.61. The summed E-state index contributed by atoms with van der Waals surface area (Å²) in [7, 11) is 1.72. The van der Waals surface area contributed by atoms with Crippen LogP contribution in [0, 0.1) is 0 Å². The van der Waals surface area contributed by atoms with Crippen LogP contribution in [0.25, 0.3) is 0 Å². The molecule has 0 amide bonds. The van der Waals surface area contributed by atoms with Crippen molar-refractivity contribution < 1.29 is 4.74 Å². The van der Waals surface area contributed by atoms with Crippen molar-refractivity contribution in [2.75, 3.05) is 7.11 Å². The van der Waals surface area contributed by atoms with Crippen molar-refractivity contribution in [3.05, 3.63) is 29.8 Å². The first-order valence-corrected chi connectivity index (χ1v) is 7.86. The molecule has 3 atom stereocenters. The number of hydrogen-bond acceptors (Lipinski definition) is 3. The molecule has 3 nitrogen and oxygen atoms in total. The number of methoxy groups -OCH3 is 1. The van der Waals surface area contributed by atoms with E-state index in [1.54, 1.807) is 7.11 Å².